The SMILES string of the molecule is CC(C)N1CCCC(P)C1. The molecule has 1 heterocycles. The minimum atomic E-state index is 0.739. The van der Waals surface area contributed by atoms with E-state index in [1.807, 2.05) is 0 Å². The lowest BCUT2D eigenvalue weighted by molar-refractivity contribution is 0.189. The molecule has 2 heteroatoms. The van der Waals surface area contributed by atoms with E-state index in [9.17, 15) is 0 Å². The van der Waals surface area contributed by atoms with Crippen molar-refractivity contribution in [2.45, 2.75) is 38.4 Å². The molecule has 60 valence electrons. The summed E-state index contributed by atoms with van der Waals surface area (Å²) in [5.41, 5.74) is 0.844. The first-order chi connectivity index (χ1) is 4.70. The Kier molecular flexibility index (Phi) is 3.13. The van der Waals surface area contributed by atoms with Crippen LogP contribution in [0.25, 0.3) is 0 Å². The summed E-state index contributed by atoms with van der Waals surface area (Å²) in [6, 6.07) is 0.739. The molecule has 1 fully saturated rings. The molecule has 0 N–H and O–H groups in total. The van der Waals surface area contributed by atoms with Crippen LogP contribution >= 0.6 is 9.24 Å². The van der Waals surface area contributed by atoms with Crippen molar-refractivity contribution in [1.29, 1.82) is 0 Å². The highest BCUT2D eigenvalue weighted by Crippen LogP contribution is 2.18. The lowest BCUT2D eigenvalue weighted by Gasteiger charge is -2.33. The summed E-state index contributed by atoms with van der Waals surface area (Å²) in [4.78, 5) is 2.56. The first kappa shape index (κ1) is 8.49. The summed E-state index contributed by atoms with van der Waals surface area (Å²) < 4.78 is 0. The minimum Gasteiger partial charge on any atom is -0.300 e. The standard InChI is InChI=1S/C8H18NP/c1-7(2)9-5-3-4-8(10)6-9/h7-8H,3-6,10H2,1-2H3. The zero-order valence-corrected chi connectivity index (χ0v) is 8.16. The van der Waals surface area contributed by atoms with Gasteiger partial charge in [-0.3, -0.25) is 0 Å². The van der Waals surface area contributed by atoms with Crippen LogP contribution in [0.3, 0.4) is 0 Å². The van der Waals surface area contributed by atoms with Gasteiger partial charge in [-0.1, -0.05) is 0 Å². The summed E-state index contributed by atoms with van der Waals surface area (Å²) in [6.07, 6.45) is 2.78. The van der Waals surface area contributed by atoms with E-state index in [0.717, 1.165) is 11.7 Å². The molecule has 1 rings (SSSR count). The van der Waals surface area contributed by atoms with Crippen molar-refractivity contribution in [3.8, 4) is 0 Å². The summed E-state index contributed by atoms with van der Waals surface area (Å²) in [5, 5.41) is 0. The maximum atomic E-state index is 2.93. The van der Waals surface area contributed by atoms with Gasteiger partial charge in [0.25, 0.3) is 0 Å². The van der Waals surface area contributed by atoms with Crippen LogP contribution in [0.4, 0.5) is 0 Å². The lowest BCUT2D eigenvalue weighted by atomic mass is 10.1. The van der Waals surface area contributed by atoms with Gasteiger partial charge >= 0.3 is 0 Å². The molecule has 10 heavy (non-hydrogen) atoms. The fourth-order valence-electron chi connectivity index (χ4n) is 1.51. The average Bonchev–Trinajstić information content (AvgIpc) is 1.88. The normalized spacial score (nSPS) is 29.4. The Morgan fingerprint density at radius 1 is 1.50 bits per heavy atom. The van der Waals surface area contributed by atoms with Gasteiger partial charge in [0.05, 0.1) is 0 Å². The van der Waals surface area contributed by atoms with Crippen LogP contribution in [-0.2, 0) is 0 Å². The Hall–Kier alpha value is 0.390. The van der Waals surface area contributed by atoms with Crippen LogP contribution in [0, 0.1) is 0 Å². The van der Waals surface area contributed by atoms with E-state index in [1.54, 1.807) is 0 Å². The predicted molar refractivity (Wildman–Crippen MR) is 49.4 cm³/mol. The van der Waals surface area contributed by atoms with Crippen molar-refractivity contribution < 1.29 is 0 Å². The van der Waals surface area contributed by atoms with Crippen LogP contribution < -0.4 is 0 Å². The van der Waals surface area contributed by atoms with Crippen LogP contribution in [0.5, 0.6) is 0 Å². The molecule has 0 amide bonds. The van der Waals surface area contributed by atoms with Gasteiger partial charge in [-0.2, -0.15) is 0 Å². The van der Waals surface area contributed by atoms with Crippen molar-refractivity contribution in [2.75, 3.05) is 13.1 Å². The van der Waals surface area contributed by atoms with Crippen molar-refractivity contribution in [3.05, 3.63) is 0 Å². The Bertz CT molecular complexity index is 103. The second kappa shape index (κ2) is 3.69. The number of hydrogen-bond acceptors (Lipinski definition) is 1. The van der Waals surface area contributed by atoms with Gasteiger partial charge in [0, 0.05) is 12.6 Å². The molecule has 0 bridgehead atoms. The van der Waals surface area contributed by atoms with Gasteiger partial charge in [0.15, 0.2) is 0 Å². The van der Waals surface area contributed by atoms with E-state index in [2.05, 4.69) is 28.0 Å². The van der Waals surface area contributed by atoms with E-state index >= 15 is 0 Å². The summed E-state index contributed by atoms with van der Waals surface area (Å²) in [6.45, 7) is 7.15. The summed E-state index contributed by atoms with van der Waals surface area (Å²) in [7, 11) is 2.93. The summed E-state index contributed by atoms with van der Waals surface area (Å²) >= 11 is 0. The third kappa shape index (κ3) is 2.21. The molecule has 0 aromatic rings. The molecule has 2 atom stereocenters. The highest BCUT2D eigenvalue weighted by atomic mass is 31.0. The van der Waals surface area contributed by atoms with Gasteiger partial charge in [0.2, 0.25) is 0 Å². The van der Waals surface area contributed by atoms with Crippen LogP contribution in [0.2, 0.25) is 0 Å². The van der Waals surface area contributed by atoms with E-state index in [1.165, 1.54) is 25.9 Å². The average molecular weight is 159 g/mol. The number of rotatable bonds is 1. The Balaban J connectivity index is 2.32. The van der Waals surface area contributed by atoms with E-state index in [-0.39, 0.29) is 0 Å². The Morgan fingerprint density at radius 2 is 2.20 bits per heavy atom. The number of hydrogen-bond donors (Lipinski definition) is 0. The highest BCUT2D eigenvalue weighted by molar-refractivity contribution is 7.17. The second-order valence-electron chi connectivity index (χ2n) is 3.49. The fourth-order valence-corrected chi connectivity index (χ4v) is 2.02. The molecule has 0 aromatic heterocycles. The van der Waals surface area contributed by atoms with Gasteiger partial charge in [-0.05, 0) is 38.9 Å². The monoisotopic (exact) mass is 159 g/mol. The van der Waals surface area contributed by atoms with Gasteiger partial charge < -0.3 is 4.90 Å². The molecule has 0 radical (unpaired) electrons. The van der Waals surface area contributed by atoms with Crippen molar-refractivity contribution in [3.63, 3.8) is 0 Å². The molecular weight excluding hydrogens is 141 g/mol. The first-order valence-electron chi connectivity index (χ1n) is 4.20. The largest absolute Gasteiger partial charge is 0.300 e. The molecule has 1 nitrogen and oxygen atoms in total. The maximum absolute atomic E-state index is 2.93. The smallest absolute Gasteiger partial charge is 0.00470 e. The van der Waals surface area contributed by atoms with E-state index in [0.29, 0.717) is 0 Å². The number of nitrogens with zero attached hydrogens (tertiary/aromatic N) is 1. The zero-order chi connectivity index (χ0) is 7.56. The zero-order valence-electron chi connectivity index (χ0n) is 7.01. The van der Waals surface area contributed by atoms with Crippen molar-refractivity contribution in [1.82, 2.24) is 4.90 Å². The molecular formula is C8H18NP. The fraction of sp³-hybridized carbons (Fsp3) is 1.00. The Labute approximate surface area is 66.4 Å². The van der Waals surface area contributed by atoms with Crippen molar-refractivity contribution >= 4 is 9.24 Å². The Morgan fingerprint density at radius 3 is 2.60 bits per heavy atom. The first-order valence-corrected chi connectivity index (χ1v) is 4.86. The molecule has 1 saturated heterocycles. The van der Waals surface area contributed by atoms with Crippen LogP contribution in [0.15, 0.2) is 0 Å². The number of likely N-dealkylation sites (tertiary alicyclic amines) is 1. The van der Waals surface area contributed by atoms with Gasteiger partial charge in [-0.15, -0.1) is 9.24 Å². The lowest BCUT2D eigenvalue weighted by Crippen LogP contribution is -2.40. The topological polar surface area (TPSA) is 3.24 Å². The molecule has 2 unspecified atom stereocenters. The van der Waals surface area contributed by atoms with Crippen LogP contribution in [0.1, 0.15) is 26.7 Å². The molecule has 1 aliphatic heterocycles. The third-order valence-electron chi connectivity index (χ3n) is 2.22. The highest BCUT2D eigenvalue weighted by Gasteiger charge is 2.17. The maximum Gasteiger partial charge on any atom is 0.00470 e. The molecule has 0 aliphatic carbocycles. The molecule has 0 spiro atoms. The van der Waals surface area contributed by atoms with Gasteiger partial charge in [-0.25, -0.2) is 0 Å². The quantitative estimate of drug-likeness (QED) is 0.527. The second-order valence-corrected chi connectivity index (χ2v) is 4.43. The summed E-state index contributed by atoms with van der Waals surface area (Å²) in [5.74, 6) is 0. The number of piperidine rings is 1. The molecule has 0 saturated carbocycles. The van der Waals surface area contributed by atoms with Gasteiger partial charge in [0.1, 0.15) is 0 Å². The molecule has 0 aromatic carbocycles. The van der Waals surface area contributed by atoms with E-state index in [4.69, 9.17) is 0 Å². The molecule has 1 aliphatic rings. The van der Waals surface area contributed by atoms with Crippen molar-refractivity contribution in [2.24, 2.45) is 0 Å². The minimum absolute atomic E-state index is 0.739. The predicted octanol–water partition coefficient (Wildman–Crippen LogP) is 1.73. The third-order valence-corrected chi connectivity index (χ3v) is 2.76. The van der Waals surface area contributed by atoms with E-state index < -0.39 is 0 Å². The van der Waals surface area contributed by atoms with Crippen LogP contribution in [-0.4, -0.2) is 29.7 Å².